The lowest BCUT2D eigenvalue weighted by Crippen LogP contribution is -2.29. The molecule has 0 aromatic heterocycles. The van der Waals surface area contributed by atoms with Crippen molar-refractivity contribution in [3.05, 3.63) is 29.6 Å². The van der Waals surface area contributed by atoms with Gasteiger partial charge in [0.2, 0.25) is 5.69 Å². The zero-order valence-corrected chi connectivity index (χ0v) is 9.70. The highest BCUT2D eigenvalue weighted by molar-refractivity contribution is 6.09. The molecule has 1 heterocycles. The Balaban J connectivity index is 2.63. The van der Waals surface area contributed by atoms with Gasteiger partial charge in [0.05, 0.1) is 11.5 Å². The third-order valence-electron chi connectivity index (χ3n) is 2.86. The van der Waals surface area contributed by atoms with Gasteiger partial charge in [-0.1, -0.05) is 0 Å². The molecule has 0 N–H and O–H groups in total. The molecule has 1 aromatic rings. The monoisotopic (exact) mass is 220 g/mol. The van der Waals surface area contributed by atoms with E-state index >= 15 is 0 Å². The summed E-state index contributed by atoms with van der Waals surface area (Å²) in [6.07, 6.45) is 1.91. The minimum Gasteiger partial charge on any atom is -0.293 e. The van der Waals surface area contributed by atoms with E-state index < -0.39 is 0 Å². The molecule has 2 rings (SSSR count). The molecule has 3 heteroatoms. The summed E-state index contributed by atoms with van der Waals surface area (Å²) >= 11 is 0. The maximum atomic E-state index is 13.1. The molecule has 84 valence electrons. The maximum Gasteiger partial charge on any atom is 0.216 e. The Morgan fingerprint density at radius 1 is 1.38 bits per heavy atom. The van der Waals surface area contributed by atoms with Crippen LogP contribution < -0.4 is 0 Å². The van der Waals surface area contributed by atoms with Crippen LogP contribution in [0.5, 0.6) is 0 Å². The Morgan fingerprint density at radius 2 is 2.06 bits per heavy atom. The molecule has 16 heavy (non-hydrogen) atoms. The Labute approximate surface area is 94.4 Å². The third-order valence-corrected chi connectivity index (χ3v) is 2.86. The molecule has 0 saturated heterocycles. The molecule has 0 saturated carbocycles. The SMILES string of the molecule is CC1C=[N+](C(C)C)c2ccc(F)cc2C1=O. The molecule has 1 atom stereocenters. The highest BCUT2D eigenvalue weighted by Crippen LogP contribution is 2.27. The van der Waals surface area contributed by atoms with E-state index in [0.29, 0.717) is 5.56 Å². The van der Waals surface area contributed by atoms with Gasteiger partial charge in [-0.05, 0) is 32.9 Å². The van der Waals surface area contributed by atoms with E-state index in [2.05, 4.69) is 0 Å². The molecule has 0 fully saturated rings. The van der Waals surface area contributed by atoms with Gasteiger partial charge in [-0.25, -0.2) is 4.39 Å². The van der Waals surface area contributed by atoms with Gasteiger partial charge in [-0.3, -0.25) is 4.79 Å². The number of fused-ring (bicyclic) bond motifs is 1. The highest BCUT2D eigenvalue weighted by atomic mass is 19.1. The molecule has 0 aliphatic carbocycles. The molecule has 1 unspecified atom stereocenters. The normalized spacial score (nSPS) is 19.7. The van der Waals surface area contributed by atoms with Crippen molar-refractivity contribution in [2.45, 2.75) is 26.8 Å². The molecule has 1 aliphatic heterocycles. The van der Waals surface area contributed by atoms with Crippen LogP contribution in [-0.2, 0) is 0 Å². The fraction of sp³-hybridized carbons (Fsp3) is 0.385. The van der Waals surface area contributed by atoms with Gasteiger partial charge in [0.15, 0.2) is 18.0 Å². The quantitative estimate of drug-likeness (QED) is 0.666. The Bertz CT molecular complexity index is 477. The first-order valence-electron chi connectivity index (χ1n) is 5.48. The number of carbonyl (C=O) groups is 1. The summed E-state index contributed by atoms with van der Waals surface area (Å²) in [7, 11) is 0. The molecule has 0 bridgehead atoms. The molecular formula is C13H15FNO+. The predicted molar refractivity (Wildman–Crippen MR) is 61.0 cm³/mol. The number of benzene rings is 1. The van der Waals surface area contributed by atoms with Gasteiger partial charge in [-0.15, -0.1) is 0 Å². The van der Waals surface area contributed by atoms with Crippen LogP contribution in [0.3, 0.4) is 0 Å². The van der Waals surface area contributed by atoms with E-state index in [0.717, 1.165) is 5.69 Å². The minimum atomic E-state index is -0.357. The molecule has 1 aromatic carbocycles. The van der Waals surface area contributed by atoms with Crippen molar-refractivity contribution in [1.82, 2.24) is 0 Å². The first-order valence-corrected chi connectivity index (χ1v) is 5.48. The lowest BCUT2D eigenvalue weighted by molar-refractivity contribution is -0.474. The molecule has 2 nitrogen and oxygen atoms in total. The van der Waals surface area contributed by atoms with E-state index in [1.54, 1.807) is 6.07 Å². The van der Waals surface area contributed by atoms with Crippen LogP contribution in [0.1, 0.15) is 31.1 Å². The zero-order valence-electron chi connectivity index (χ0n) is 9.70. The van der Waals surface area contributed by atoms with E-state index in [9.17, 15) is 9.18 Å². The highest BCUT2D eigenvalue weighted by Gasteiger charge is 2.32. The summed E-state index contributed by atoms with van der Waals surface area (Å²) in [5.41, 5.74) is 1.29. The van der Waals surface area contributed by atoms with Crippen LogP contribution in [0.15, 0.2) is 18.2 Å². The first kappa shape index (κ1) is 11.0. The number of ketones is 1. The second-order valence-electron chi connectivity index (χ2n) is 4.46. The fourth-order valence-corrected chi connectivity index (χ4v) is 2.02. The van der Waals surface area contributed by atoms with Crippen LogP contribution in [0.2, 0.25) is 0 Å². The van der Waals surface area contributed by atoms with Crippen molar-refractivity contribution in [2.24, 2.45) is 5.92 Å². The summed E-state index contributed by atoms with van der Waals surface area (Å²) in [4.78, 5) is 11.9. The van der Waals surface area contributed by atoms with Crippen LogP contribution in [0.4, 0.5) is 10.1 Å². The van der Waals surface area contributed by atoms with Crippen molar-refractivity contribution in [3.8, 4) is 0 Å². The number of halogens is 1. The number of hydrogen-bond donors (Lipinski definition) is 0. The zero-order chi connectivity index (χ0) is 11.9. The minimum absolute atomic E-state index is 0.00796. The summed E-state index contributed by atoms with van der Waals surface area (Å²) < 4.78 is 15.2. The Kier molecular flexibility index (Phi) is 2.62. The van der Waals surface area contributed by atoms with Crippen LogP contribution in [0, 0.1) is 11.7 Å². The topological polar surface area (TPSA) is 20.1 Å². The molecule has 0 amide bonds. The molecular weight excluding hydrogens is 205 g/mol. The number of carbonyl (C=O) groups excluding carboxylic acids is 1. The summed E-state index contributed by atoms with van der Waals surface area (Å²) in [6, 6.07) is 4.66. The Hall–Kier alpha value is -1.51. The second-order valence-corrected chi connectivity index (χ2v) is 4.46. The standard InChI is InChI=1S/C13H15FNO/c1-8(2)15-7-9(3)13(16)11-6-10(14)4-5-12(11)15/h4-9H,1-3H3/q+1. The van der Waals surface area contributed by atoms with Gasteiger partial charge in [0.25, 0.3) is 0 Å². The second kappa shape index (κ2) is 3.81. The maximum absolute atomic E-state index is 13.1. The fourth-order valence-electron chi connectivity index (χ4n) is 2.02. The van der Waals surface area contributed by atoms with Gasteiger partial charge in [-0.2, -0.15) is 4.58 Å². The van der Waals surface area contributed by atoms with Crippen LogP contribution in [0.25, 0.3) is 0 Å². The Morgan fingerprint density at radius 3 is 2.69 bits per heavy atom. The lowest BCUT2D eigenvalue weighted by atomic mass is 9.94. The average Bonchev–Trinajstić information content (AvgIpc) is 2.23. The average molecular weight is 220 g/mol. The largest absolute Gasteiger partial charge is 0.293 e. The summed E-state index contributed by atoms with van der Waals surface area (Å²) in [6.45, 7) is 5.93. The smallest absolute Gasteiger partial charge is 0.216 e. The van der Waals surface area contributed by atoms with Crippen molar-refractivity contribution in [3.63, 3.8) is 0 Å². The van der Waals surface area contributed by atoms with Gasteiger partial charge >= 0.3 is 0 Å². The first-order chi connectivity index (χ1) is 7.50. The third kappa shape index (κ3) is 1.66. The van der Waals surface area contributed by atoms with Crippen molar-refractivity contribution < 1.29 is 13.8 Å². The van der Waals surface area contributed by atoms with Gasteiger partial charge in [0.1, 0.15) is 5.82 Å². The number of Topliss-reactive ketones (excluding diaryl/α,β-unsaturated/α-hetero) is 1. The van der Waals surface area contributed by atoms with Gasteiger partial charge in [0, 0.05) is 6.07 Å². The van der Waals surface area contributed by atoms with Crippen molar-refractivity contribution >= 4 is 17.7 Å². The van der Waals surface area contributed by atoms with E-state index in [1.165, 1.54) is 12.1 Å². The molecule has 0 spiro atoms. The van der Waals surface area contributed by atoms with Gasteiger partial charge < -0.3 is 0 Å². The molecule has 1 aliphatic rings. The van der Waals surface area contributed by atoms with E-state index in [-0.39, 0.29) is 23.6 Å². The van der Waals surface area contributed by atoms with Crippen LogP contribution in [-0.4, -0.2) is 22.6 Å². The van der Waals surface area contributed by atoms with Crippen LogP contribution >= 0.6 is 0 Å². The number of hydrogen-bond acceptors (Lipinski definition) is 1. The number of nitrogens with zero attached hydrogens (tertiary/aromatic N) is 1. The van der Waals surface area contributed by atoms with E-state index in [4.69, 9.17) is 0 Å². The summed E-state index contributed by atoms with van der Waals surface area (Å²) in [5, 5.41) is 0. The lowest BCUT2D eigenvalue weighted by Gasteiger charge is -2.17. The predicted octanol–water partition coefficient (Wildman–Crippen LogP) is 2.78. The summed E-state index contributed by atoms with van der Waals surface area (Å²) in [5.74, 6) is -0.548. The van der Waals surface area contributed by atoms with Crippen molar-refractivity contribution in [1.29, 1.82) is 0 Å². The molecule has 0 radical (unpaired) electrons. The number of rotatable bonds is 1. The van der Waals surface area contributed by atoms with Crippen molar-refractivity contribution in [2.75, 3.05) is 0 Å². The van der Waals surface area contributed by atoms with E-state index in [1.807, 2.05) is 31.6 Å².